The lowest BCUT2D eigenvalue weighted by molar-refractivity contribution is -0.375. The summed E-state index contributed by atoms with van der Waals surface area (Å²) in [6.45, 7) is 14.5. The van der Waals surface area contributed by atoms with Gasteiger partial charge >= 0.3 is 0 Å². The minimum Gasteiger partial charge on any atom is -0.394 e. The van der Waals surface area contributed by atoms with Crippen molar-refractivity contribution in [1.29, 1.82) is 0 Å². The zero-order chi connectivity index (χ0) is 49.5. The molecule has 0 spiro atoms. The van der Waals surface area contributed by atoms with Crippen LogP contribution in [0.2, 0.25) is 0 Å². The summed E-state index contributed by atoms with van der Waals surface area (Å²) in [5.41, 5.74) is -2.84. The molecule has 13 N–H and O–H groups in total. The van der Waals surface area contributed by atoms with Crippen molar-refractivity contribution in [3.63, 3.8) is 0 Å². The molecule has 19 nitrogen and oxygen atoms in total. The van der Waals surface area contributed by atoms with Crippen molar-refractivity contribution in [2.45, 2.75) is 216 Å². The highest BCUT2D eigenvalue weighted by Crippen LogP contribution is 2.75. The Kier molecular flexibility index (Phi) is 15.9. The summed E-state index contributed by atoms with van der Waals surface area (Å²) in [6.07, 6.45) is -16.0. The lowest BCUT2D eigenvalue weighted by Gasteiger charge is -2.68. The molecule has 0 aromatic rings. The second-order valence-corrected chi connectivity index (χ2v) is 23.1. The predicted octanol–water partition coefficient (Wildman–Crippen LogP) is -1.20. The number of rotatable bonds is 14. The molecule has 3 saturated carbocycles. The van der Waals surface area contributed by atoms with Crippen molar-refractivity contribution in [1.82, 2.24) is 0 Å². The molecule has 388 valence electrons. The molecule has 3 aliphatic heterocycles. The van der Waals surface area contributed by atoms with Crippen molar-refractivity contribution in [3.8, 4) is 0 Å². The van der Waals surface area contributed by atoms with E-state index in [0.717, 1.165) is 25.7 Å². The highest BCUT2D eigenvalue weighted by Gasteiger charge is 2.71. The molecule has 3 heterocycles. The molecule has 7 aliphatic rings. The molecule has 3 saturated heterocycles. The van der Waals surface area contributed by atoms with Crippen LogP contribution in [0, 0.1) is 51.2 Å². The summed E-state index contributed by atoms with van der Waals surface area (Å²) in [7, 11) is 0. The van der Waals surface area contributed by atoms with Crippen LogP contribution < -0.4 is 0 Å². The Morgan fingerprint density at radius 1 is 0.627 bits per heavy atom. The van der Waals surface area contributed by atoms with Gasteiger partial charge in [0.25, 0.3) is 0 Å². The third kappa shape index (κ3) is 9.13. The quantitative estimate of drug-likeness (QED) is 0.0910. The Bertz CT molecular complexity index is 1690. The van der Waals surface area contributed by atoms with Gasteiger partial charge in [-0.05, 0) is 105 Å². The summed E-state index contributed by atoms with van der Waals surface area (Å²) in [5.74, 6) is 0.560. The van der Waals surface area contributed by atoms with Crippen LogP contribution in [0.4, 0.5) is 0 Å². The fourth-order valence-electron chi connectivity index (χ4n) is 14.3. The summed E-state index contributed by atoms with van der Waals surface area (Å²) in [5, 5.41) is 139. The molecule has 67 heavy (non-hydrogen) atoms. The summed E-state index contributed by atoms with van der Waals surface area (Å²) < 4.78 is 35.9. The van der Waals surface area contributed by atoms with Crippen LogP contribution in [-0.4, -0.2) is 202 Å². The predicted molar refractivity (Wildman–Crippen MR) is 235 cm³/mol. The Morgan fingerprint density at radius 2 is 1.15 bits per heavy atom. The first kappa shape index (κ1) is 53.8. The first-order valence-electron chi connectivity index (χ1n) is 24.5. The van der Waals surface area contributed by atoms with Crippen molar-refractivity contribution in [2.24, 2.45) is 51.2 Å². The normalized spacial score (nSPS) is 51.9. The molecule has 0 aromatic heterocycles. The number of allylic oxidation sites excluding steroid dienone is 1. The van der Waals surface area contributed by atoms with Gasteiger partial charge in [-0.1, -0.05) is 53.7 Å². The summed E-state index contributed by atoms with van der Waals surface area (Å²) in [6, 6.07) is 0. The minimum atomic E-state index is -1.83. The van der Waals surface area contributed by atoms with E-state index in [4.69, 9.17) is 28.4 Å². The van der Waals surface area contributed by atoms with Gasteiger partial charge in [-0.3, -0.25) is 0 Å². The SMILES string of the molecule is C[C@@H](CC[C@@H](O[C@@H]1O[C@@H](CO)[C@H](O)[C@H](O)[C@H]1O[C@@H]1O[C@H](CO)[C@@H](O)[C@H](O)[C@H]1O)C(C)(C)O)[C@@H]1CC[C@@]2(C)[C@@H]3CC[C@@H]4[C@H](C=C[C@H](O[C@@H]5O[C@H](CO)[C@@H](O)[C@H](O)[C@H]5O)C4(C)C)[C@]3(C)[C@@H](O)C[C@@]12C. The van der Waals surface area contributed by atoms with Crippen LogP contribution in [0.25, 0.3) is 0 Å². The lowest BCUT2D eigenvalue weighted by Crippen LogP contribution is -2.66. The van der Waals surface area contributed by atoms with Gasteiger partial charge in [0.15, 0.2) is 18.9 Å². The molecular weight excluding hydrogens is 881 g/mol. The van der Waals surface area contributed by atoms with E-state index in [-0.39, 0.29) is 40.4 Å². The maximum Gasteiger partial charge on any atom is 0.187 e. The third-order valence-electron chi connectivity index (χ3n) is 18.8. The van der Waals surface area contributed by atoms with E-state index in [2.05, 4.69) is 47.6 Å². The van der Waals surface area contributed by atoms with Gasteiger partial charge in [0, 0.05) is 5.41 Å². The molecular formula is C48H82O19. The Morgan fingerprint density at radius 3 is 1.69 bits per heavy atom. The largest absolute Gasteiger partial charge is 0.394 e. The fourth-order valence-corrected chi connectivity index (χ4v) is 14.3. The molecule has 0 radical (unpaired) electrons. The van der Waals surface area contributed by atoms with Crippen LogP contribution in [0.15, 0.2) is 12.2 Å². The molecule has 0 bridgehead atoms. The van der Waals surface area contributed by atoms with Crippen molar-refractivity contribution < 1.29 is 94.8 Å². The van der Waals surface area contributed by atoms with Gasteiger partial charge in [0.1, 0.15) is 73.2 Å². The smallest absolute Gasteiger partial charge is 0.187 e. The maximum absolute atomic E-state index is 12.6. The van der Waals surface area contributed by atoms with E-state index in [0.29, 0.717) is 19.3 Å². The number of aliphatic hydroxyl groups is 13. The Hall–Kier alpha value is -1.02. The van der Waals surface area contributed by atoms with Crippen LogP contribution in [0.5, 0.6) is 0 Å². The zero-order valence-electron chi connectivity index (χ0n) is 40.3. The van der Waals surface area contributed by atoms with E-state index in [1.807, 2.05) is 6.08 Å². The van der Waals surface area contributed by atoms with Crippen LogP contribution in [0.1, 0.15) is 100 Å². The first-order valence-corrected chi connectivity index (χ1v) is 24.5. The molecule has 0 unspecified atom stereocenters. The van der Waals surface area contributed by atoms with Crippen LogP contribution in [-0.2, 0) is 28.4 Å². The zero-order valence-corrected chi connectivity index (χ0v) is 40.3. The van der Waals surface area contributed by atoms with Crippen LogP contribution >= 0.6 is 0 Å². The standard InChI is InChI=1S/C48H82O19/c1-21(9-13-31(45(4,5)61)66-43-40(37(58)34(55)27(20-51)64-43)67-42-39(60)36(57)33(54)26(19-50)63-42)22-15-16-46(6)28-12-10-23-24(48(28,8)29(52)17-47(22,46)7)11-14-30(44(23,2)3)65-41-38(59)35(56)32(53)25(18-49)62-41/h11,14,21-43,49-61H,9-10,12-13,15-20H2,1-8H3/t21-,22-,23+,24-,25+,26+,27-,28-,29-,30-,31+,32+,33+,34-,35-,36-,37-,38+,39+,40+,41-,42-,43-,46-,47-,48-/m0/s1. The molecule has 0 aromatic carbocycles. The van der Waals surface area contributed by atoms with Gasteiger partial charge < -0.3 is 94.8 Å². The Balaban J connectivity index is 1.06. The molecule has 19 heteroatoms. The van der Waals surface area contributed by atoms with Gasteiger partial charge in [-0.25, -0.2) is 0 Å². The van der Waals surface area contributed by atoms with E-state index >= 15 is 0 Å². The van der Waals surface area contributed by atoms with E-state index in [9.17, 15) is 66.4 Å². The second kappa shape index (κ2) is 19.8. The number of aliphatic hydroxyl groups excluding tert-OH is 12. The van der Waals surface area contributed by atoms with E-state index in [1.165, 1.54) is 0 Å². The number of hydrogen-bond donors (Lipinski definition) is 13. The van der Waals surface area contributed by atoms with Crippen LogP contribution in [0.3, 0.4) is 0 Å². The molecule has 6 fully saturated rings. The topological polar surface area (TPSA) is 318 Å². The van der Waals surface area contributed by atoms with Crippen molar-refractivity contribution >= 4 is 0 Å². The number of ether oxygens (including phenoxy) is 6. The van der Waals surface area contributed by atoms with E-state index < -0.39 is 147 Å². The molecule has 4 aliphatic carbocycles. The second-order valence-electron chi connectivity index (χ2n) is 23.1. The highest BCUT2D eigenvalue weighted by atomic mass is 16.8. The number of fused-ring (bicyclic) bond motifs is 5. The molecule has 26 atom stereocenters. The first-order chi connectivity index (χ1) is 31.2. The number of hydrogen-bond acceptors (Lipinski definition) is 19. The summed E-state index contributed by atoms with van der Waals surface area (Å²) >= 11 is 0. The molecule has 7 rings (SSSR count). The third-order valence-corrected chi connectivity index (χ3v) is 18.8. The minimum absolute atomic E-state index is 0.00835. The van der Waals surface area contributed by atoms with Crippen molar-refractivity contribution in [3.05, 3.63) is 12.2 Å². The molecule has 0 amide bonds. The van der Waals surface area contributed by atoms with Gasteiger partial charge in [-0.15, -0.1) is 0 Å². The monoisotopic (exact) mass is 963 g/mol. The van der Waals surface area contributed by atoms with Crippen molar-refractivity contribution in [2.75, 3.05) is 19.8 Å². The average molecular weight is 963 g/mol. The van der Waals surface area contributed by atoms with E-state index in [1.54, 1.807) is 13.8 Å². The maximum atomic E-state index is 12.6. The lowest BCUT2D eigenvalue weighted by atomic mass is 9.37. The Labute approximate surface area is 393 Å². The fraction of sp³-hybridized carbons (Fsp3) is 0.958. The average Bonchev–Trinajstić information content (AvgIpc) is 3.54. The van der Waals surface area contributed by atoms with Gasteiger partial charge in [0.05, 0.1) is 43.7 Å². The van der Waals surface area contributed by atoms with Gasteiger partial charge in [-0.2, -0.15) is 0 Å². The summed E-state index contributed by atoms with van der Waals surface area (Å²) in [4.78, 5) is 0. The van der Waals surface area contributed by atoms with Gasteiger partial charge in [0.2, 0.25) is 0 Å². The highest BCUT2D eigenvalue weighted by molar-refractivity contribution is 5.24.